The van der Waals surface area contributed by atoms with E-state index in [1.807, 2.05) is 0 Å². The molecule has 1 heterocycles. The van der Waals surface area contributed by atoms with Gasteiger partial charge in [0.25, 0.3) is 0 Å². The van der Waals surface area contributed by atoms with E-state index in [0.717, 1.165) is 0 Å². The molecule has 0 bridgehead atoms. The van der Waals surface area contributed by atoms with Crippen molar-refractivity contribution in [1.82, 2.24) is 0 Å². The summed E-state index contributed by atoms with van der Waals surface area (Å²) in [5, 5.41) is 47.1. The lowest BCUT2D eigenvalue weighted by Crippen LogP contribution is -2.60. The van der Waals surface area contributed by atoms with Crippen LogP contribution in [-0.4, -0.2) is 62.8 Å². The molecule has 19 heavy (non-hydrogen) atoms. The summed E-state index contributed by atoms with van der Waals surface area (Å²) in [6.07, 6.45) is -6.58. The Morgan fingerprint density at radius 3 is 2.21 bits per heavy atom. The van der Waals surface area contributed by atoms with Gasteiger partial charge in [-0.05, 0) is 24.3 Å². The summed E-state index contributed by atoms with van der Waals surface area (Å²) in [6, 6.07) is 5.69. The van der Waals surface area contributed by atoms with Crippen molar-refractivity contribution >= 4 is 0 Å². The summed E-state index contributed by atoms with van der Waals surface area (Å²) < 4.78 is 10.5. The van der Waals surface area contributed by atoms with Crippen LogP contribution in [0.1, 0.15) is 0 Å². The molecule has 1 aromatic rings. The molecule has 1 aliphatic rings. The highest BCUT2D eigenvalue weighted by atomic mass is 16.7. The molecule has 1 fully saturated rings. The number of benzene rings is 1. The lowest BCUT2D eigenvalue weighted by Gasteiger charge is -2.39. The van der Waals surface area contributed by atoms with Crippen molar-refractivity contribution in [3.05, 3.63) is 24.3 Å². The molecule has 0 amide bonds. The maximum absolute atomic E-state index is 9.75. The first-order valence-corrected chi connectivity index (χ1v) is 5.79. The molecule has 1 aromatic carbocycles. The highest BCUT2D eigenvalue weighted by molar-refractivity contribution is 5.30. The third kappa shape index (κ3) is 2.96. The van der Waals surface area contributed by atoms with Gasteiger partial charge in [0.15, 0.2) is 0 Å². The van der Waals surface area contributed by atoms with Gasteiger partial charge in [0.05, 0.1) is 6.61 Å². The van der Waals surface area contributed by atoms with E-state index < -0.39 is 37.3 Å². The van der Waals surface area contributed by atoms with Crippen LogP contribution in [0.25, 0.3) is 0 Å². The van der Waals surface area contributed by atoms with Gasteiger partial charge >= 0.3 is 0 Å². The minimum Gasteiger partial charge on any atom is -0.508 e. The topological polar surface area (TPSA) is 120 Å². The molecule has 5 N–H and O–H groups in total. The number of aliphatic hydroxyl groups excluding tert-OH is 4. The molecule has 0 spiro atoms. The highest BCUT2D eigenvalue weighted by Gasteiger charge is 2.44. The summed E-state index contributed by atoms with van der Waals surface area (Å²) in [7, 11) is 0. The quantitative estimate of drug-likeness (QED) is 0.457. The van der Waals surface area contributed by atoms with Crippen molar-refractivity contribution in [2.45, 2.75) is 30.7 Å². The Kier molecular flexibility index (Phi) is 4.23. The van der Waals surface area contributed by atoms with Crippen LogP contribution >= 0.6 is 0 Å². The Bertz CT molecular complexity index is 405. The summed E-state index contributed by atoms with van der Waals surface area (Å²) in [5.41, 5.74) is 0. The van der Waals surface area contributed by atoms with E-state index in [-0.39, 0.29) is 5.75 Å². The van der Waals surface area contributed by atoms with Crippen molar-refractivity contribution in [2.24, 2.45) is 0 Å². The summed E-state index contributed by atoms with van der Waals surface area (Å²) in [4.78, 5) is 0. The minimum absolute atomic E-state index is 0.0566. The molecule has 0 aromatic heterocycles. The van der Waals surface area contributed by atoms with Crippen molar-refractivity contribution in [2.75, 3.05) is 6.61 Å². The first-order chi connectivity index (χ1) is 9.02. The molecule has 0 radical (unpaired) electrons. The number of phenolic OH excluding ortho intramolecular Hbond substituents is 1. The van der Waals surface area contributed by atoms with Gasteiger partial charge in [-0.3, -0.25) is 0 Å². The molecule has 7 nitrogen and oxygen atoms in total. The van der Waals surface area contributed by atoms with Gasteiger partial charge in [0.2, 0.25) is 6.29 Å². The highest BCUT2D eigenvalue weighted by Crippen LogP contribution is 2.25. The van der Waals surface area contributed by atoms with Crippen molar-refractivity contribution in [1.29, 1.82) is 0 Å². The van der Waals surface area contributed by atoms with Gasteiger partial charge in [-0.15, -0.1) is 0 Å². The Hall–Kier alpha value is -1.38. The van der Waals surface area contributed by atoms with Gasteiger partial charge in [-0.2, -0.15) is 0 Å². The van der Waals surface area contributed by atoms with E-state index in [2.05, 4.69) is 0 Å². The fourth-order valence-electron chi connectivity index (χ4n) is 1.82. The van der Waals surface area contributed by atoms with E-state index >= 15 is 0 Å². The normalized spacial score (nSPS) is 35.1. The van der Waals surface area contributed by atoms with Crippen LogP contribution in [0.4, 0.5) is 0 Å². The van der Waals surface area contributed by atoms with E-state index in [0.29, 0.717) is 5.75 Å². The molecular weight excluding hydrogens is 256 g/mol. The van der Waals surface area contributed by atoms with Crippen molar-refractivity contribution in [3.8, 4) is 11.5 Å². The second-order valence-electron chi connectivity index (χ2n) is 4.31. The maximum atomic E-state index is 9.75. The van der Waals surface area contributed by atoms with E-state index in [1.54, 1.807) is 0 Å². The van der Waals surface area contributed by atoms with Crippen LogP contribution in [0.3, 0.4) is 0 Å². The van der Waals surface area contributed by atoms with Crippen LogP contribution < -0.4 is 4.74 Å². The fourth-order valence-corrected chi connectivity index (χ4v) is 1.82. The molecule has 4 unspecified atom stereocenters. The average molecular weight is 272 g/mol. The first kappa shape index (κ1) is 14.0. The van der Waals surface area contributed by atoms with Crippen LogP contribution in [0, 0.1) is 0 Å². The third-order valence-electron chi connectivity index (χ3n) is 2.94. The average Bonchev–Trinajstić information content (AvgIpc) is 2.42. The van der Waals surface area contributed by atoms with Crippen molar-refractivity contribution in [3.63, 3.8) is 0 Å². The largest absolute Gasteiger partial charge is 0.508 e. The van der Waals surface area contributed by atoms with Gasteiger partial charge in [-0.1, -0.05) is 0 Å². The molecule has 0 saturated carbocycles. The Balaban J connectivity index is 2.08. The molecule has 1 aliphatic heterocycles. The number of aliphatic hydroxyl groups is 4. The van der Waals surface area contributed by atoms with Crippen LogP contribution in [0.2, 0.25) is 0 Å². The molecule has 2 rings (SSSR count). The SMILES string of the molecule is OCC1O[C@H](Oc2ccc(O)cc2)C(O)C(O)C1O. The maximum Gasteiger partial charge on any atom is 0.229 e. The van der Waals surface area contributed by atoms with Crippen LogP contribution in [-0.2, 0) is 4.74 Å². The molecule has 106 valence electrons. The van der Waals surface area contributed by atoms with Gasteiger partial charge in [0.1, 0.15) is 35.9 Å². The minimum atomic E-state index is -1.48. The van der Waals surface area contributed by atoms with Gasteiger partial charge in [0, 0.05) is 0 Å². The number of phenols is 1. The predicted octanol–water partition coefficient (Wildman–Crippen LogP) is -1.43. The smallest absolute Gasteiger partial charge is 0.229 e. The van der Waals surface area contributed by atoms with Gasteiger partial charge in [-0.25, -0.2) is 0 Å². The number of hydrogen-bond donors (Lipinski definition) is 5. The number of hydrogen-bond acceptors (Lipinski definition) is 7. The summed E-state index contributed by atoms with van der Waals surface area (Å²) in [5.74, 6) is 0.364. The Labute approximate surface area is 109 Å². The van der Waals surface area contributed by atoms with Gasteiger partial charge < -0.3 is 35.0 Å². The Morgan fingerprint density at radius 1 is 1.00 bits per heavy atom. The van der Waals surface area contributed by atoms with Crippen LogP contribution in [0.5, 0.6) is 11.5 Å². The third-order valence-corrected chi connectivity index (χ3v) is 2.94. The molecule has 0 aliphatic carbocycles. The zero-order valence-electron chi connectivity index (χ0n) is 9.96. The zero-order valence-corrected chi connectivity index (χ0v) is 9.96. The molecule has 5 atom stereocenters. The fraction of sp³-hybridized carbons (Fsp3) is 0.500. The number of aromatic hydroxyl groups is 1. The molecule has 7 heteroatoms. The van der Waals surface area contributed by atoms with Crippen molar-refractivity contribution < 1.29 is 35.0 Å². The lowest BCUT2D eigenvalue weighted by atomic mass is 9.99. The number of ether oxygens (including phenoxy) is 2. The standard InChI is InChI=1S/C12H16O7/c13-5-8-9(15)10(16)11(17)12(19-8)18-7-3-1-6(14)2-4-7/h1-4,8-17H,5H2/t8?,9?,10?,11?,12-/m0/s1. The summed E-state index contributed by atoms with van der Waals surface area (Å²) >= 11 is 0. The second-order valence-corrected chi connectivity index (χ2v) is 4.31. The monoisotopic (exact) mass is 272 g/mol. The Morgan fingerprint density at radius 2 is 1.63 bits per heavy atom. The zero-order chi connectivity index (χ0) is 14.0. The predicted molar refractivity (Wildman–Crippen MR) is 62.5 cm³/mol. The van der Waals surface area contributed by atoms with Crippen LogP contribution in [0.15, 0.2) is 24.3 Å². The molecule has 1 saturated heterocycles. The van der Waals surface area contributed by atoms with E-state index in [1.165, 1.54) is 24.3 Å². The van der Waals surface area contributed by atoms with E-state index in [4.69, 9.17) is 19.7 Å². The number of rotatable bonds is 3. The summed E-state index contributed by atoms with van der Waals surface area (Å²) in [6.45, 7) is -0.514. The lowest BCUT2D eigenvalue weighted by molar-refractivity contribution is -0.277. The van der Waals surface area contributed by atoms with E-state index in [9.17, 15) is 15.3 Å². The molecular formula is C12H16O7. The second kappa shape index (κ2) is 5.72. The first-order valence-electron chi connectivity index (χ1n) is 5.79.